The summed E-state index contributed by atoms with van der Waals surface area (Å²) in [6.45, 7) is 5.15. The minimum absolute atomic E-state index is 0.0234. The molecule has 0 aromatic heterocycles. The summed E-state index contributed by atoms with van der Waals surface area (Å²) >= 11 is 0. The summed E-state index contributed by atoms with van der Waals surface area (Å²) in [6.07, 6.45) is 0. The van der Waals surface area contributed by atoms with E-state index in [4.69, 9.17) is 19.3 Å². The monoisotopic (exact) mass is 226 g/mol. The zero-order valence-electron chi connectivity index (χ0n) is 9.73. The van der Waals surface area contributed by atoms with Crippen LogP contribution >= 0.6 is 0 Å². The number of para-hydroxylation sites is 1. The average molecular weight is 226 g/mol. The molecule has 0 saturated carbocycles. The third-order valence-electron chi connectivity index (χ3n) is 1.88. The Bertz CT molecular complexity index is 312. The Morgan fingerprint density at radius 1 is 1.00 bits per heavy atom. The molecular weight excluding hydrogens is 208 g/mol. The Hall–Kier alpha value is -1.42. The maximum atomic E-state index is 8.72. The zero-order valence-corrected chi connectivity index (χ0v) is 9.73. The van der Waals surface area contributed by atoms with Crippen LogP contribution in [0.3, 0.4) is 0 Å². The van der Waals surface area contributed by atoms with Crippen LogP contribution < -0.4 is 14.2 Å². The van der Waals surface area contributed by atoms with Gasteiger partial charge in [0.2, 0.25) is 5.75 Å². The van der Waals surface area contributed by atoms with Crippen molar-refractivity contribution in [1.29, 1.82) is 0 Å². The van der Waals surface area contributed by atoms with Crippen LogP contribution in [0.2, 0.25) is 0 Å². The van der Waals surface area contributed by atoms with Crippen LogP contribution in [0, 0.1) is 0 Å². The van der Waals surface area contributed by atoms with Crippen molar-refractivity contribution >= 4 is 0 Å². The Morgan fingerprint density at radius 2 is 1.62 bits per heavy atom. The molecule has 1 aromatic carbocycles. The number of hydrogen-bond donors (Lipinski definition) is 1. The van der Waals surface area contributed by atoms with Gasteiger partial charge in [-0.05, 0) is 26.0 Å². The highest BCUT2D eigenvalue weighted by Gasteiger charge is 2.11. The van der Waals surface area contributed by atoms with Crippen LogP contribution in [-0.2, 0) is 0 Å². The molecule has 4 nitrogen and oxygen atoms in total. The summed E-state index contributed by atoms with van der Waals surface area (Å²) in [7, 11) is 0. The van der Waals surface area contributed by atoms with E-state index in [0.29, 0.717) is 30.5 Å². The fourth-order valence-electron chi connectivity index (χ4n) is 1.32. The van der Waals surface area contributed by atoms with Gasteiger partial charge in [0, 0.05) is 0 Å². The summed E-state index contributed by atoms with van der Waals surface area (Å²) in [4.78, 5) is 0. The Balaban J connectivity index is 2.90. The number of aliphatic hydroxyl groups is 1. The molecule has 0 heterocycles. The minimum Gasteiger partial charge on any atom is -0.490 e. The lowest BCUT2D eigenvalue weighted by molar-refractivity contribution is 0.191. The van der Waals surface area contributed by atoms with Crippen molar-refractivity contribution in [1.82, 2.24) is 0 Å². The second-order valence-electron chi connectivity index (χ2n) is 3.02. The first-order valence-corrected chi connectivity index (χ1v) is 5.45. The molecule has 0 radical (unpaired) electrons. The van der Waals surface area contributed by atoms with E-state index in [1.54, 1.807) is 6.07 Å². The molecule has 90 valence electrons. The van der Waals surface area contributed by atoms with E-state index in [9.17, 15) is 0 Å². The lowest BCUT2D eigenvalue weighted by atomic mass is 10.3. The Labute approximate surface area is 95.8 Å². The molecule has 1 N–H and O–H groups in total. The maximum absolute atomic E-state index is 8.72. The molecule has 0 atom stereocenters. The normalized spacial score (nSPS) is 9.94. The summed E-state index contributed by atoms with van der Waals surface area (Å²) in [5.74, 6) is 1.86. The molecule has 0 aliphatic rings. The van der Waals surface area contributed by atoms with Gasteiger partial charge in [-0.25, -0.2) is 0 Å². The highest BCUT2D eigenvalue weighted by atomic mass is 16.5. The van der Waals surface area contributed by atoms with Crippen molar-refractivity contribution < 1.29 is 19.3 Å². The van der Waals surface area contributed by atoms with Crippen LogP contribution in [0.1, 0.15) is 13.8 Å². The molecule has 0 aliphatic heterocycles. The average Bonchev–Trinajstić information content (AvgIpc) is 2.30. The van der Waals surface area contributed by atoms with E-state index >= 15 is 0 Å². The smallest absolute Gasteiger partial charge is 0.203 e. The molecule has 0 unspecified atom stereocenters. The minimum atomic E-state index is -0.0234. The lowest BCUT2D eigenvalue weighted by Gasteiger charge is -2.15. The van der Waals surface area contributed by atoms with Crippen molar-refractivity contribution in [2.75, 3.05) is 26.4 Å². The van der Waals surface area contributed by atoms with Crippen molar-refractivity contribution in [3.05, 3.63) is 18.2 Å². The molecule has 0 spiro atoms. The lowest BCUT2D eigenvalue weighted by Crippen LogP contribution is -2.05. The predicted octanol–water partition coefficient (Wildman–Crippen LogP) is 1.86. The predicted molar refractivity (Wildman–Crippen MR) is 61.4 cm³/mol. The van der Waals surface area contributed by atoms with Gasteiger partial charge in [-0.1, -0.05) is 6.07 Å². The number of benzene rings is 1. The summed E-state index contributed by atoms with van der Waals surface area (Å²) < 4.78 is 16.3. The number of hydrogen-bond acceptors (Lipinski definition) is 4. The molecule has 0 saturated heterocycles. The fourth-order valence-corrected chi connectivity index (χ4v) is 1.32. The number of rotatable bonds is 7. The van der Waals surface area contributed by atoms with E-state index in [1.807, 2.05) is 26.0 Å². The SMILES string of the molecule is CCOc1cccc(OCCO)c1OCC. The highest BCUT2D eigenvalue weighted by Crippen LogP contribution is 2.37. The fraction of sp³-hybridized carbons (Fsp3) is 0.500. The molecular formula is C12H18O4. The van der Waals surface area contributed by atoms with Gasteiger partial charge in [0.1, 0.15) is 6.61 Å². The molecule has 1 rings (SSSR count). The molecule has 16 heavy (non-hydrogen) atoms. The van der Waals surface area contributed by atoms with Crippen LogP contribution in [-0.4, -0.2) is 31.5 Å². The van der Waals surface area contributed by atoms with Crippen LogP contribution in [0.25, 0.3) is 0 Å². The summed E-state index contributed by atoms with van der Waals surface area (Å²) in [5, 5.41) is 8.72. The van der Waals surface area contributed by atoms with Gasteiger partial charge in [-0.15, -0.1) is 0 Å². The topological polar surface area (TPSA) is 47.9 Å². The maximum Gasteiger partial charge on any atom is 0.203 e. The molecule has 1 aromatic rings. The molecule has 0 amide bonds. The van der Waals surface area contributed by atoms with Crippen LogP contribution in [0.4, 0.5) is 0 Å². The van der Waals surface area contributed by atoms with Gasteiger partial charge in [0.05, 0.1) is 19.8 Å². The van der Waals surface area contributed by atoms with Gasteiger partial charge < -0.3 is 19.3 Å². The van der Waals surface area contributed by atoms with Gasteiger partial charge in [0.15, 0.2) is 11.5 Å². The highest BCUT2D eigenvalue weighted by molar-refractivity contribution is 5.51. The van der Waals surface area contributed by atoms with Crippen molar-refractivity contribution in [3.63, 3.8) is 0 Å². The van der Waals surface area contributed by atoms with E-state index < -0.39 is 0 Å². The standard InChI is InChI=1S/C12H18O4/c1-3-14-10-6-5-7-11(16-9-8-13)12(10)15-4-2/h5-7,13H,3-4,8-9H2,1-2H3. The van der Waals surface area contributed by atoms with Crippen molar-refractivity contribution in [2.24, 2.45) is 0 Å². The number of aliphatic hydroxyl groups excluding tert-OH is 1. The largest absolute Gasteiger partial charge is 0.490 e. The summed E-state index contributed by atoms with van der Waals surface area (Å²) in [6, 6.07) is 5.46. The zero-order chi connectivity index (χ0) is 11.8. The van der Waals surface area contributed by atoms with E-state index in [2.05, 4.69) is 0 Å². The van der Waals surface area contributed by atoms with Gasteiger partial charge in [-0.2, -0.15) is 0 Å². The Morgan fingerprint density at radius 3 is 2.19 bits per heavy atom. The second-order valence-corrected chi connectivity index (χ2v) is 3.02. The molecule has 0 aliphatic carbocycles. The van der Waals surface area contributed by atoms with E-state index in [-0.39, 0.29) is 13.2 Å². The van der Waals surface area contributed by atoms with Crippen molar-refractivity contribution in [3.8, 4) is 17.2 Å². The molecule has 4 heteroatoms. The number of ether oxygens (including phenoxy) is 3. The second kappa shape index (κ2) is 6.95. The Kier molecular flexibility index (Phi) is 5.50. The molecule has 0 bridgehead atoms. The first kappa shape index (κ1) is 12.6. The van der Waals surface area contributed by atoms with E-state index in [0.717, 1.165) is 0 Å². The third kappa shape index (κ3) is 3.31. The quantitative estimate of drug-likeness (QED) is 0.771. The third-order valence-corrected chi connectivity index (χ3v) is 1.88. The van der Waals surface area contributed by atoms with Gasteiger partial charge in [0.25, 0.3) is 0 Å². The van der Waals surface area contributed by atoms with Crippen molar-refractivity contribution in [2.45, 2.75) is 13.8 Å². The molecule has 0 fully saturated rings. The first-order chi connectivity index (χ1) is 7.83. The summed E-state index contributed by atoms with van der Waals surface area (Å²) in [5.41, 5.74) is 0. The van der Waals surface area contributed by atoms with Crippen LogP contribution in [0.15, 0.2) is 18.2 Å². The van der Waals surface area contributed by atoms with Gasteiger partial charge >= 0.3 is 0 Å². The van der Waals surface area contributed by atoms with Gasteiger partial charge in [-0.3, -0.25) is 0 Å². The van der Waals surface area contributed by atoms with Crippen LogP contribution in [0.5, 0.6) is 17.2 Å². The first-order valence-electron chi connectivity index (χ1n) is 5.45. The van der Waals surface area contributed by atoms with E-state index in [1.165, 1.54) is 0 Å².